The number of aromatic nitrogens is 2. The van der Waals surface area contributed by atoms with Crippen molar-refractivity contribution < 1.29 is 4.74 Å². The third kappa shape index (κ3) is 6.12. The number of ether oxygens (including phenoxy) is 1. The Morgan fingerprint density at radius 3 is 2.73 bits per heavy atom. The lowest BCUT2D eigenvalue weighted by Crippen LogP contribution is -2.28. The van der Waals surface area contributed by atoms with E-state index >= 15 is 0 Å². The molecule has 0 spiro atoms. The van der Waals surface area contributed by atoms with Crippen LogP contribution in [0.4, 0.5) is 0 Å². The monoisotopic (exact) mass is 402 g/mol. The number of benzene rings is 1. The van der Waals surface area contributed by atoms with Crippen molar-refractivity contribution in [3.8, 4) is 5.75 Å². The second kappa shape index (κ2) is 10.9. The van der Waals surface area contributed by atoms with Crippen molar-refractivity contribution in [2.45, 2.75) is 32.4 Å². The second-order valence-corrected chi connectivity index (χ2v) is 7.80. The van der Waals surface area contributed by atoms with Gasteiger partial charge < -0.3 is 10.1 Å². The first-order valence-electron chi connectivity index (χ1n) is 10.8. The molecule has 1 N–H and O–H groups in total. The van der Waals surface area contributed by atoms with Gasteiger partial charge in [-0.2, -0.15) is 0 Å². The van der Waals surface area contributed by atoms with Gasteiger partial charge in [0.2, 0.25) is 0 Å². The number of nitrogens with one attached hydrogen (secondary N) is 1. The van der Waals surface area contributed by atoms with Crippen LogP contribution < -0.4 is 10.1 Å². The van der Waals surface area contributed by atoms with Gasteiger partial charge in [0.15, 0.2) is 0 Å². The Kier molecular flexibility index (Phi) is 7.42. The minimum absolute atomic E-state index is 0.733. The fraction of sp³-hybridized carbons (Fsp3) is 0.360. The van der Waals surface area contributed by atoms with Gasteiger partial charge in [0.1, 0.15) is 5.75 Å². The number of hydrogen-bond acceptors (Lipinski definition) is 5. The predicted molar refractivity (Wildman–Crippen MR) is 119 cm³/mol. The normalized spacial score (nSPS) is 13.2. The van der Waals surface area contributed by atoms with Crippen molar-refractivity contribution in [1.29, 1.82) is 0 Å². The molecule has 0 bridgehead atoms. The fourth-order valence-corrected chi connectivity index (χ4v) is 3.87. The molecule has 30 heavy (non-hydrogen) atoms. The summed E-state index contributed by atoms with van der Waals surface area (Å²) in [7, 11) is 0. The first-order chi connectivity index (χ1) is 14.9. The minimum Gasteiger partial charge on any atom is -0.494 e. The number of nitrogens with zero attached hydrogens (tertiary/aromatic N) is 3. The summed E-state index contributed by atoms with van der Waals surface area (Å²) in [4.78, 5) is 10.9. The third-order valence-corrected chi connectivity index (χ3v) is 5.55. The predicted octanol–water partition coefficient (Wildman–Crippen LogP) is 3.64. The molecule has 2 aromatic heterocycles. The zero-order valence-electron chi connectivity index (χ0n) is 17.5. The van der Waals surface area contributed by atoms with E-state index in [4.69, 9.17) is 4.74 Å². The minimum atomic E-state index is 0.733. The van der Waals surface area contributed by atoms with E-state index in [1.807, 2.05) is 30.9 Å². The topological polar surface area (TPSA) is 50.3 Å². The van der Waals surface area contributed by atoms with Crippen molar-refractivity contribution in [2.24, 2.45) is 0 Å². The lowest BCUT2D eigenvalue weighted by Gasteiger charge is -2.23. The van der Waals surface area contributed by atoms with Gasteiger partial charge in [0.05, 0.1) is 6.61 Å². The van der Waals surface area contributed by atoms with Crippen molar-refractivity contribution in [3.63, 3.8) is 0 Å². The summed E-state index contributed by atoms with van der Waals surface area (Å²) in [6, 6.07) is 14.8. The van der Waals surface area contributed by atoms with Crippen LogP contribution >= 0.6 is 0 Å². The maximum absolute atomic E-state index is 6.07. The Morgan fingerprint density at radius 1 is 0.933 bits per heavy atom. The van der Waals surface area contributed by atoms with Crippen molar-refractivity contribution in [2.75, 3.05) is 26.2 Å². The summed E-state index contributed by atoms with van der Waals surface area (Å²) in [5.41, 5.74) is 5.38. The standard InChI is InChI=1S/C25H30N4O/c1-3-21(18-27-10-1)9-15-29(20-22-6-11-26-12-7-22)14-2-16-30-25-5-4-24-19-28-13-8-23(24)17-25/h1,3-7,10-12,17-18,28H,2,8-9,13-16,19-20H2. The first kappa shape index (κ1) is 20.5. The highest BCUT2D eigenvalue weighted by atomic mass is 16.5. The van der Waals surface area contributed by atoms with Gasteiger partial charge in [-0.05, 0) is 78.4 Å². The maximum atomic E-state index is 6.07. The van der Waals surface area contributed by atoms with Crippen LogP contribution in [0.3, 0.4) is 0 Å². The summed E-state index contributed by atoms with van der Waals surface area (Å²) in [5.74, 6) is 0.992. The molecule has 1 aromatic carbocycles. The zero-order valence-corrected chi connectivity index (χ0v) is 17.5. The molecule has 0 radical (unpaired) electrons. The van der Waals surface area contributed by atoms with Crippen LogP contribution in [0, 0.1) is 0 Å². The lowest BCUT2D eigenvalue weighted by molar-refractivity contribution is 0.229. The van der Waals surface area contributed by atoms with Gasteiger partial charge in [0, 0.05) is 51.0 Å². The number of pyridine rings is 2. The summed E-state index contributed by atoms with van der Waals surface area (Å²) in [6.45, 7) is 5.68. The molecule has 4 rings (SSSR count). The molecule has 0 saturated carbocycles. The third-order valence-electron chi connectivity index (χ3n) is 5.55. The molecule has 3 heterocycles. The first-order valence-corrected chi connectivity index (χ1v) is 10.8. The van der Waals surface area contributed by atoms with E-state index in [1.54, 1.807) is 0 Å². The molecule has 5 nitrogen and oxygen atoms in total. The van der Waals surface area contributed by atoms with Crippen LogP contribution in [0.5, 0.6) is 5.75 Å². The molecule has 1 aliphatic rings. The number of hydrogen-bond donors (Lipinski definition) is 1. The highest BCUT2D eigenvalue weighted by Gasteiger charge is 2.10. The van der Waals surface area contributed by atoms with Crippen LogP contribution in [-0.2, 0) is 25.9 Å². The molecule has 0 amide bonds. The Balaban J connectivity index is 1.28. The molecule has 5 heteroatoms. The van der Waals surface area contributed by atoms with E-state index in [-0.39, 0.29) is 0 Å². The van der Waals surface area contributed by atoms with Crippen LogP contribution in [-0.4, -0.2) is 41.1 Å². The summed E-state index contributed by atoms with van der Waals surface area (Å²) in [5, 5.41) is 3.41. The zero-order chi connectivity index (χ0) is 20.4. The lowest BCUT2D eigenvalue weighted by atomic mass is 10.0. The summed E-state index contributed by atoms with van der Waals surface area (Å²) < 4.78 is 6.07. The van der Waals surface area contributed by atoms with Crippen molar-refractivity contribution in [1.82, 2.24) is 20.2 Å². The molecular weight excluding hydrogens is 372 g/mol. The largest absolute Gasteiger partial charge is 0.494 e. The molecule has 0 unspecified atom stereocenters. The van der Waals surface area contributed by atoms with E-state index in [1.165, 1.54) is 22.3 Å². The van der Waals surface area contributed by atoms with Crippen LogP contribution in [0.25, 0.3) is 0 Å². The van der Waals surface area contributed by atoms with Gasteiger partial charge in [-0.25, -0.2) is 0 Å². The van der Waals surface area contributed by atoms with Crippen LogP contribution in [0.2, 0.25) is 0 Å². The highest BCUT2D eigenvalue weighted by molar-refractivity contribution is 5.37. The van der Waals surface area contributed by atoms with Gasteiger partial charge >= 0.3 is 0 Å². The van der Waals surface area contributed by atoms with Crippen molar-refractivity contribution >= 4 is 0 Å². The average Bonchev–Trinajstić information content (AvgIpc) is 2.81. The van der Waals surface area contributed by atoms with E-state index in [9.17, 15) is 0 Å². The molecule has 3 aromatic rings. The van der Waals surface area contributed by atoms with E-state index < -0.39 is 0 Å². The van der Waals surface area contributed by atoms with Gasteiger partial charge in [0.25, 0.3) is 0 Å². The average molecular weight is 403 g/mol. The van der Waals surface area contributed by atoms with Gasteiger partial charge in [-0.3, -0.25) is 14.9 Å². The van der Waals surface area contributed by atoms with E-state index in [2.05, 4.69) is 56.6 Å². The fourth-order valence-electron chi connectivity index (χ4n) is 3.87. The maximum Gasteiger partial charge on any atom is 0.119 e. The Bertz CT molecular complexity index is 902. The van der Waals surface area contributed by atoms with E-state index in [0.29, 0.717) is 0 Å². The van der Waals surface area contributed by atoms with Crippen molar-refractivity contribution in [3.05, 3.63) is 89.5 Å². The number of fused-ring (bicyclic) bond motifs is 1. The Hall–Kier alpha value is -2.76. The van der Waals surface area contributed by atoms with Gasteiger partial charge in [-0.15, -0.1) is 0 Å². The van der Waals surface area contributed by atoms with Gasteiger partial charge in [-0.1, -0.05) is 12.1 Å². The van der Waals surface area contributed by atoms with Crippen LogP contribution in [0.15, 0.2) is 67.3 Å². The molecule has 1 aliphatic heterocycles. The Labute approximate surface area is 179 Å². The quantitative estimate of drug-likeness (QED) is 0.525. The highest BCUT2D eigenvalue weighted by Crippen LogP contribution is 2.20. The summed E-state index contributed by atoms with van der Waals surface area (Å²) >= 11 is 0. The van der Waals surface area contributed by atoms with E-state index in [0.717, 1.165) is 64.3 Å². The number of rotatable bonds is 10. The molecular formula is C25H30N4O. The van der Waals surface area contributed by atoms with Crippen LogP contribution in [0.1, 0.15) is 28.7 Å². The molecule has 0 atom stereocenters. The molecule has 0 aliphatic carbocycles. The molecule has 0 fully saturated rings. The smallest absolute Gasteiger partial charge is 0.119 e. The molecule has 0 saturated heterocycles. The Morgan fingerprint density at radius 2 is 1.87 bits per heavy atom. The molecule has 156 valence electrons. The second-order valence-electron chi connectivity index (χ2n) is 7.80. The summed E-state index contributed by atoms with van der Waals surface area (Å²) in [6.07, 6.45) is 10.6. The SMILES string of the molecule is c1cncc(CCN(CCCOc2ccc3c(c2)CCNC3)Cc2ccncc2)c1.